The highest BCUT2D eigenvalue weighted by Gasteiger charge is 2.38. The highest BCUT2D eigenvalue weighted by atomic mass is 19.1. The molecule has 2 aromatic rings. The van der Waals surface area contributed by atoms with E-state index in [2.05, 4.69) is 10.3 Å². The Morgan fingerprint density at radius 3 is 2.80 bits per heavy atom. The van der Waals surface area contributed by atoms with Gasteiger partial charge in [-0.2, -0.15) is 0 Å². The number of amides is 2. The third kappa shape index (κ3) is 3.84. The van der Waals surface area contributed by atoms with Crippen LogP contribution in [0.5, 0.6) is 0 Å². The molecule has 1 aromatic heterocycles. The van der Waals surface area contributed by atoms with Crippen LogP contribution in [0.3, 0.4) is 0 Å². The molecular formula is C19H20FN3O2. The number of nitrogens with one attached hydrogen (secondary N) is 1. The quantitative estimate of drug-likeness (QED) is 0.929. The van der Waals surface area contributed by atoms with Crippen LogP contribution in [0.15, 0.2) is 48.8 Å². The fourth-order valence-electron chi connectivity index (χ4n) is 3.28. The summed E-state index contributed by atoms with van der Waals surface area (Å²) in [5.41, 5.74) is 1.59. The molecule has 1 saturated heterocycles. The fraction of sp³-hybridized carbons (Fsp3) is 0.316. The summed E-state index contributed by atoms with van der Waals surface area (Å²) < 4.78 is 13.6. The van der Waals surface area contributed by atoms with Gasteiger partial charge in [-0.1, -0.05) is 12.1 Å². The lowest BCUT2D eigenvalue weighted by molar-refractivity contribution is -0.141. The minimum Gasteiger partial charge on any atom is -0.352 e. The van der Waals surface area contributed by atoms with Crippen molar-refractivity contribution in [3.8, 4) is 0 Å². The maximum atomic E-state index is 13.6. The number of carbonyl (C=O) groups excluding carboxylic acids is 2. The van der Waals surface area contributed by atoms with Gasteiger partial charge in [-0.3, -0.25) is 14.6 Å². The molecule has 0 bridgehead atoms. The number of nitrogens with zero attached hydrogens (tertiary/aromatic N) is 2. The summed E-state index contributed by atoms with van der Waals surface area (Å²) in [6.45, 7) is 0.394. The predicted octanol–water partition coefficient (Wildman–Crippen LogP) is 2.45. The van der Waals surface area contributed by atoms with Crippen molar-refractivity contribution in [3.05, 3.63) is 65.7 Å². The van der Waals surface area contributed by atoms with E-state index in [0.717, 1.165) is 5.56 Å². The summed E-state index contributed by atoms with van der Waals surface area (Å²) >= 11 is 0. The van der Waals surface area contributed by atoms with Crippen LogP contribution in [0.2, 0.25) is 0 Å². The Balaban J connectivity index is 1.79. The molecule has 2 atom stereocenters. The normalized spacial score (nSPS) is 20.4. The standard InChI is InChI=1S/C19H20FN3O2/c1-23-17(24)6-5-16(18(23)14-3-2-4-15(20)11-14)19(25)22-12-13-7-9-21-10-8-13/h2-4,7-11,16,18H,5-6,12H2,1H3,(H,22,25)/t16-,18-/m1/s1. The molecule has 130 valence electrons. The molecule has 25 heavy (non-hydrogen) atoms. The summed E-state index contributed by atoms with van der Waals surface area (Å²) in [6.07, 6.45) is 4.11. The third-order valence-electron chi connectivity index (χ3n) is 4.60. The molecule has 1 aliphatic rings. The third-order valence-corrected chi connectivity index (χ3v) is 4.60. The van der Waals surface area contributed by atoms with Gasteiger partial charge in [0.2, 0.25) is 11.8 Å². The molecule has 1 aliphatic heterocycles. The van der Waals surface area contributed by atoms with E-state index in [1.807, 2.05) is 12.1 Å². The number of carbonyl (C=O) groups is 2. The van der Waals surface area contributed by atoms with Crippen LogP contribution < -0.4 is 5.32 Å². The van der Waals surface area contributed by atoms with Gasteiger partial charge in [-0.25, -0.2) is 4.39 Å². The summed E-state index contributed by atoms with van der Waals surface area (Å²) in [5, 5.41) is 2.92. The van der Waals surface area contributed by atoms with Gasteiger partial charge in [0.1, 0.15) is 5.82 Å². The van der Waals surface area contributed by atoms with Crippen molar-refractivity contribution in [2.45, 2.75) is 25.4 Å². The second-order valence-electron chi connectivity index (χ2n) is 6.22. The topological polar surface area (TPSA) is 62.3 Å². The van der Waals surface area contributed by atoms with E-state index in [-0.39, 0.29) is 17.6 Å². The molecule has 1 aromatic carbocycles. The molecule has 0 unspecified atom stereocenters. The number of benzene rings is 1. The first kappa shape index (κ1) is 17.1. The monoisotopic (exact) mass is 341 g/mol. The first-order valence-corrected chi connectivity index (χ1v) is 8.24. The molecule has 5 nitrogen and oxygen atoms in total. The first-order valence-electron chi connectivity index (χ1n) is 8.24. The number of piperidine rings is 1. The van der Waals surface area contributed by atoms with Crippen LogP contribution in [-0.4, -0.2) is 28.7 Å². The number of aromatic nitrogens is 1. The molecule has 1 fully saturated rings. The van der Waals surface area contributed by atoms with Crippen LogP contribution in [0.4, 0.5) is 4.39 Å². The predicted molar refractivity (Wildman–Crippen MR) is 90.7 cm³/mol. The van der Waals surface area contributed by atoms with Gasteiger partial charge in [0.25, 0.3) is 0 Å². The summed E-state index contributed by atoms with van der Waals surface area (Å²) in [6, 6.07) is 9.31. The largest absolute Gasteiger partial charge is 0.352 e. The zero-order valence-corrected chi connectivity index (χ0v) is 14.0. The molecule has 0 radical (unpaired) electrons. The second kappa shape index (κ2) is 7.42. The maximum Gasteiger partial charge on any atom is 0.225 e. The average molecular weight is 341 g/mol. The number of pyridine rings is 1. The van der Waals surface area contributed by atoms with Crippen LogP contribution >= 0.6 is 0 Å². The molecule has 0 saturated carbocycles. The molecule has 1 N–H and O–H groups in total. The van der Waals surface area contributed by atoms with E-state index in [1.54, 1.807) is 36.5 Å². The lowest BCUT2D eigenvalue weighted by atomic mass is 9.84. The SMILES string of the molecule is CN1C(=O)CC[C@@H](C(=O)NCc2ccncc2)[C@H]1c1cccc(F)c1. The average Bonchev–Trinajstić information content (AvgIpc) is 2.62. The van der Waals surface area contributed by atoms with Gasteiger partial charge >= 0.3 is 0 Å². The minimum atomic E-state index is -0.464. The van der Waals surface area contributed by atoms with Gasteiger partial charge in [0.05, 0.1) is 12.0 Å². The molecule has 2 amide bonds. The van der Waals surface area contributed by atoms with Gasteiger partial charge in [-0.15, -0.1) is 0 Å². The Kier molecular flexibility index (Phi) is 5.07. The fourth-order valence-corrected chi connectivity index (χ4v) is 3.28. The summed E-state index contributed by atoms with van der Waals surface area (Å²) in [7, 11) is 1.67. The zero-order valence-electron chi connectivity index (χ0n) is 14.0. The highest BCUT2D eigenvalue weighted by Crippen LogP contribution is 2.36. The van der Waals surface area contributed by atoms with Crippen molar-refractivity contribution in [2.24, 2.45) is 5.92 Å². The molecular weight excluding hydrogens is 321 g/mol. The molecule has 0 aliphatic carbocycles. The van der Waals surface area contributed by atoms with Crippen LogP contribution in [-0.2, 0) is 16.1 Å². The minimum absolute atomic E-state index is 0.0348. The Labute approximate surface area is 145 Å². The molecule has 6 heteroatoms. The number of halogens is 1. The highest BCUT2D eigenvalue weighted by molar-refractivity contribution is 5.84. The van der Waals surface area contributed by atoms with E-state index >= 15 is 0 Å². The van der Waals surface area contributed by atoms with Crippen LogP contribution in [0.1, 0.15) is 30.0 Å². The number of rotatable bonds is 4. The Morgan fingerprint density at radius 2 is 2.08 bits per heavy atom. The number of hydrogen-bond acceptors (Lipinski definition) is 3. The first-order chi connectivity index (χ1) is 12.1. The van der Waals surface area contributed by atoms with Gasteiger partial charge < -0.3 is 10.2 Å². The van der Waals surface area contributed by atoms with Gasteiger partial charge in [0, 0.05) is 32.4 Å². The molecule has 2 heterocycles. The van der Waals surface area contributed by atoms with Gasteiger partial charge in [0.15, 0.2) is 0 Å². The zero-order chi connectivity index (χ0) is 17.8. The van der Waals surface area contributed by atoms with Crippen LogP contribution in [0, 0.1) is 11.7 Å². The molecule has 0 spiro atoms. The van der Waals surface area contributed by atoms with Crippen molar-refractivity contribution in [2.75, 3.05) is 7.05 Å². The maximum absolute atomic E-state index is 13.6. The van der Waals surface area contributed by atoms with Crippen molar-refractivity contribution in [3.63, 3.8) is 0 Å². The number of likely N-dealkylation sites (tertiary alicyclic amines) is 1. The second-order valence-corrected chi connectivity index (χ2v) is 6.22. The molecule has 3 rings (SSSR count). The van der Waals surface area contributed by atoms with Crippen molar-refractivity contribution < 1.29 is 14.0 Å². The lowest BCUT2D eigenvalue weighted by Crippen LogP contribution is -2.46. The number of hydrogen-bond donors (Lipinski definition) is 1. The van der Waals surface area contributed by atoms with Gasteiger partial charge in [-0.05, 0) is 41.8 Å². The Hall–Kier alpha value is -2.76. The van der Waals surface area contributed by atoms with Crippen LogP contribution in [0.25, 0.3) is 0 Å². The Morgan fingerprint density at radius 1 is 1.32 bits per heavy atom. The van der Waals surface area contributed by atoms with Crippen molar-refractivity contribution in [1.29, 1.82) is 0 Å². The summed E-state index contributed by atoms with van der Waals surface area (Å²) in [4.78, 5) is 30.3. The van der Waals surface area contributed by atoms with Crippen molar-refractivity contribution >= 4 is 11.8 Å². The smallest absolute Gasteiger partial charge is 0.225 e. The van der Waals surface area contributed by atoms with E-state index in [4.69, 9.17) is 0 Å². The van der Waals surface area contributed by atoms with E-state index in [0.29, 0.717) is 24.9 Å². The van der Waals surface area contributed by atoms with E-state index < -0.39 is 12.0 Å². The summed E-state index contributed by atoms with van der Waals surface area (Å²) in [5.74, 6) is -0.955. The van der Waals surface area contributed by atoms with E-state index in [1.165, 1.54) is 12.1 Å². The Bertz CT molecular complexity index is 766. The van der Waals surface area contributed by atoms with E-state index in [9.17, 15) is 14.0 Å². The van der Waals surface area contributed by atoms with Crippen molar-refractivity contribution in [1.82, 2.24) is 15.2 Å². The lowest BCUT2D eigenvalue weighted by Gasteiger charge is -2.38.